The SMILES string of the molecule is COC(=O)c1ccc2c(c1)NC(c1ccc(C(F)(F)F)cc1)C2. The maximum absolute atomic E-state index is 12.6. The monoisotopic (exact) mass is 321 g/mol. The molecule has 0 spiro atoms. The second-order valence-electron chi connectivity index (χ2n) is 5.38. The van der Waals surface area contributed by atoms with E-state index in [1.54, 1.807) is 12.1 Å². The number of carbonyl (C=O) groups excluding carboxylic acids is 1. The lowest BCUT2D eigenvalue weighted by Crippen LogP contribution is -2.08. The number of hydrogen-bond acceptors (Lipinski definition) is 3. The molecule has 6 heteroatoms. The maximum Gasteiger partial charge on any atom is 0.416 e. The van der Waals surface area contributed by atoms with Gasteiger partial charge >= 0.3 is 12.1 Å². The van der Waals surface area contributed by atoms with E-state index in [0.29, 0.717) is 12.0 Å². The molecule has 1 atom stereocenters. The number of methoxy groups -OCH3 is 1. The minimum atomic E-state index is -4.33. The van der Waals surface area contributed by atoms with Gasteiger partial charge in [-0.2, -0.15) is 13.2 Å². The van der Waals surface area contributed by atoms with Crippen molar-refractivity contribution in [3.63, 3.8) is 0 Å². The molecule has 120 valence electrons. The van der Waals surface area contributed by atoms with E-state index in [2.05, 4.69) is 10.1 Å². The standard InChI is InChI=1S/C17H14F3NO2/c1-23-16(22)12-3-2-11-8-14(21-15(11)9-12)10-4-6-13(7-5-10)17(18,19)20/h2-7,9,14,21H,8H2,1H3. The zero-order valence-corrected chi connectivity index (χ0v) is 12.3. The summed E-state index contributed by atoms with van der Waals surface area (Å²) in [5.74, 6) is -0.424. The van der Waals surface area contributed by atoms with Gasteiger partial charge in [0.2, 0.25) is 0 Å². The van der Waals surface area contributed by atoms with Crippen molar-refractivity contribution in [2.24, 2.45) is 0 Å². The summed E-state index contributed by atoms with van der Waals surface area (Å²) in [4.78, 5) is 11.5. The Kier molecular flexibility index (Phi) is 3.75. The number of nitrogens with one attached hydrogen (secondary N) is 1. The van der Waals surface area contributed by atoms with Gasteiger partial charge in [0.15, 0.2) is 0 Å². The summed E-state index contributed by atoms with van der Waals surface area (Å²) >= 11 is 0. The maximum atomic E-state index is 12.6. The molecule has 0 aliphatic carbocycles. The van der Waals surface area contributed by atoms with Crippen molar-refractivity contribution in [2.45, 2.75) is 18.6 Å². The number of hydrogen-bond donors (Lipinski definition) is 1. The molecular formula is C17H14F3NO2. The number of benzene rings is 2. The van der Waals surface area contributed by atoms with Gasteiger partial charge in [-0.25, -0.2) is 4.79 Å². The molecule has 1 aliphatic heterocycles. The Balaban J connectivity index is 1.80. The number of fused-ring (bicyclic) bond motifs is 1. The molecule has 23 heavy (non-hydrogen) atoms. The van der Waals surface area contributed by atoms with E-state index in [0.717, 1.165) is 28.9 Å². The zero-order chi connectivity index (χ0) is 16.6. The molecule has 0 radical (unpaired) electrons. The van der Waals surface area contributed by atoms with Crippen LogP contribution in [-0.2, 0) is 17.3 Å². The average Bonchev–Trinajstić information content (AvgIpc) is 2.96. The summed E-state index contributed by atoms with van der Waals surface area (Å²) in [5.41, 5.74) is 2.37. The van der Waals surface area contributed by atoms with Crippen LogP contribution in [0.5, 0.6) is 0 Å². The third kappa shape index (κ3) is 3.02. The predicted octanol–water partition coefficient (Wildman–Crippen LogP) is 4.20. The van der Waals surface area contributed by atoms with Gasteiger partial charge in [-0.3, -0.25) is 0 Å². The van der Waals surface area contributed by atoms with Crippen LogP contribution in [0.4, 0.5) is 18.9 Å². The molecule has 0 saturated carbocycles. The van der Waals surface area contributed by atoms with Crippen LogP contribution < -0.4 is 5.32 Å². The van der Waals surface area contributed by atoms with Crippen LogP contribution in [0.3, 0.4) is 0 Å². The molecule has 0 amide bonds. The van der Waals surface area contributed by atoms with Gasteiger partial charge in [-0.1, -0.05) is 18.2 Å². The van der Waals surface area contributed by atoms with Crippen LogP contribution >= 0.6 is 0 Å². The first-order valence-electron chi connectivity index (χ1n) is 7.03. The van der Waals surface area contributed by atoms with Crippen LogP contribution in [0.15, 0.2) is 42.5 Å². The smallest absolute Gasteiger partial charge is 0.416 e. The Hall–Kier alpha value is -2.50. The lowest BCUT2D eigenvalue weighted by Gasteiger charge is -2.13. The van der Waals surface area contributed by atoms with E-state index < -0.39 is 17.7 Å². The molecule has 0 fully saturated rings. The number of rotatable bonds is 2. The van der Waals surface area contributed by atoms with E-state index in [1.165, 1.54) is 19.2 Å². The fourth-order valence-electron chi connectivity index (χ4n) is 2.70. The molecule has 2 aromatic rings. The number of esters is 1. The lowest BCUT2D eigenvalue weighted by molar-refractivity contribution is -0.137. The van der Waals surface area contributed by atoms with E-state index in [9.17, 15) is 18.0 Å². The number of halogens is 3. The Labute approximate surface area is 131 Å². The number of carbonyl (C=O) groups is 1. The van der Waals surface area contributed by atoms with Gasteiger partial charge in [-0.15, -0.1) is 0 Å². The molecule has 1 heterocycles. The fraction of sp³-hybridized carbons (Fsp3) is 0.235. The minimum absolute atomic E-state index is 0.111. The normalized spacial score (nSPS) is 16.6. The largest absolute Gasteiger partial charge is 0.465 e. The Morgan fingerprint density at radius 2 is 1.87 bits per heavy atom. The molecule has 0 saturated heterocycles. The lowest BCUT2D eigenvalue weighted by atomic mass is 10.0. The number of ether oxygens (including phenoxy) is 1. The highest BCUT2D eigenvalue weighted by atomic mass is 19.4. The predicted molar refractivity (Wildman–Crippen MR) is 79.3 cm³/mol. The van der Waals surface area contributed by atoms with E-state index in [1.807, 2.05) is 6.07 Å². The van der Waals surface area contributed by atoms with Gasteiger partial charge < -0.3 is 10.1 Å². The van der Waals surface area contributed by atoms with E-state index >= 15 is 0 Å². The van der Waals surface area contributed by atoms with Crippen molar-refractivity contribution in [1.82, 2.24) is 0 Å². The summed E-state index contributed by atoms with van der Waals surface area (Å²) in [6.45, 7) is 0. The molecule has 2 aromatic carbocycles. The molecule has 3 rings (SSSR count). The van der Waals surface area contributed by atoms with Gasteiger partial charge in [0.1, 0.15) is 0 Å². The summed E-state index contributed by atoms with van der Waals surface area (Å²) in [7, 11) is 1.31. The molecule has 1 N–H and O–H groups in total. The molecule has 3 nitrogen and oxygen atoms in total. The van der Waals surface area contributed by atoms with Gasteiger partial charge in [0.05, 0.1) is 24.3 Å². The molecule has 0 bridgehead atoms. The quantitative estimate of drug-likeness (QED) is 0.843. The van der Waals surface area contributed by atoms with Gasteiger partial charge in [0.25, 0.3) is 0 Å². The Bertz CT molecular complexity index is 738. The zero-order valence-electron chi connectivity index (χ0n) is 12.3. The molecule has 1 unspecified atom stereocenters. The first kappa shape index (κ1) is 15.4. The second-order valence-corrected chi connectivity index (χ2v) is 5.38. The minimum Gasteiger partial charge on any atom is -0.465 e. The van der Waals surface area contributed by atoms with Gasteiger partial charge in [-0.05, 0) is 41.8 Å². The highest BCUT2D eigenvalue weighted by Gasteiger charge is 2.31. The van der Waals surface area contributed by atoms with Crippen LogP contribution in [0.1, 0.15) is 33.1 Å². The topological polar surface area (TPSA) is 38.3 Å². The summed E-state index contributed by atoms with van der Waals surface area (Å²) in [6.07, 6.45) is -3.68. The van der Waals surface area contributed by atoms with Crippen LogP contribution in [0, 0.1) is 0 Å². The Morgan fingerprint density at radius 1 is 1.17 bits per heavy atom. The second kappa shape index (κ2) is 5.61. The summed E-state index contributed by atoms with van der Waals surface area (Å²) in [6, 6.07) is 10.2. The van der Waals surface area contributed by atoms with Crippen LogP contribution in [0.2, 0.25) is 0 Å². The van der Waals surface area contributed by atoms with Crippen molar-refractivity contribution < 1.29 is 22.7 Å². The summed E-state index contributed by atoms with van der Waals surface area (Å²) < 4.78 is 42.5. The highest BCUT2D eigenvalue weighted by molar-refractivity contribution is 5.91. The van der Waals surface area contributed by atoms with Crippen molar-refractivity contribution in [1.29, 1.82) is 0 Å². The molecular weight excluding hydrogens is 307 g/mol. The first-order chi connectivity index (χ1) is 10.9. The van der Waals surface area contributed by atoms with Gasteiger partial charge in [0, 0.05) is 5.69 Å². The van der Waals surface area contributed by atoms with Crippen molar-refractivity contribution in [3.05, 3.63) is 64.7 Å². The molecule has 1 aliphatic rings. The highest BCUT2D eigenvalue weighted by Crippen LogP contribution is 2.36. The fourth-order valence-corrected chi connectivity index (χ4v) is 2.70. The van der Waals surface area contributed by atoms with E-state index in [4.69, 9.17) is 0 Å². The van der Waals surface area contributed by atoms with Crippen LogP contribution in [-0.4, -0.2) is 13.1 Å². The third-order valence-electron chi connectivity index (χ3n) is 3.93. The number of alkyl halides is 3. The van der Waals surface area contributed by atoms with Crippen molar-refractivity contribution >= 4 is 11.7 Å². The molecule has 0 aromatic heterocycles. The van der Waals surface area contributed by atoms with E-state index in [-0.39, 0.29) is 6.04 Å². The Morgan fingerprint density at radius 3 is 2.48 bits per heavy atom. The summed E-state index contributed by atoms with van der Waals surface area (Å²) in [5, 5.41) is 3.24. The third-order valence-corrected chi connectivity index (χ3v) is 3.93. The van der Waals surface area contributed by atoms with Crippen LogP contribution in [0.25, 0.3) is 0 Å². The van der Waals surface area contributed by atoms with Crippen molar-refractivity contribution in [3.8, 4) is 0 Å². The number of anilines is 1. The van der Waals surface area contributed by atoms with Crippen molar-refractivity contribution in [2.75, 3.05) is 12.4 Å². The first-order valence-corrected chi connectivity index (χ1v) is 7.03. The average molecular weight is 321 g/mol.